The molecule has 2 aromatic carbocycles. The second-order valence-corrected chi connectivity index (χ2v) is 9.28. The lowest BCUT2D eigenvalue weighted by atomic mass is 9.71. The van der Waals surface area contributed by atoms with E-state index in [4.69, 9.17) is 28.4 Å². The van der Waals surface area contributed by atoms with Gasteiger partial charge < -0.3 is 33.7 Å². The van der Waals surface area contributed by atoms with Crippen molar-refractivity contribution >= 4 is 11.8 Å². The number of nitrogens with one attached hydrogen (secondary N) is 1. The monoisotopic (exact) mass is 537 g/mol. The first kappa shape index (κ1) is 27.9. The number of methoxy groups -OCH3 is 5. The molecule has 0 saturated heterocycles. The Bertz CT molecular complexity index is 1340. The summed E-state index contributed by atoms with van der Waals surface area (Å²) >= 11 is 0. The van der Waals surface area contributed by atoms with Crippen LogP contribution in [0.25, 0.3) is 0 Å². The number of esters is 1. The molecule has 0 fully saturated rings. The Labute approximate surface area is 228 Å². The average molecular weight is 538 g/mol. The average Bonchev–Trinajstić information content (AvgIpc) is 2.94. The summed E-state index contributed by atoms with van der Waals surface area (Å²) in [5, 5.41) is 3.36. The fraction of sp³-hybridized carbons (Fsp3) is 0.400. The molecule has 2 aliphatic rings. The Hall–Kier alpha value is -4.14. The molecule has 1 N–H and O–H groups in total. The van der Waals surface area contributed by atoms with E-state index < -0.39 is 11.9 Å². The highest BCUT2D eigenvalue weighted by Gasteiger charge is 2.43. The molecule has 0 radical (unpaired) electrons. The lowest BCUT2D eigenvalue weighted by Crippen LogP contribution is -2.36. The van der Waals surface area contributed by atoms with Crippen LogP contribution >= 0.6 is 0 Å². The maximum absolute atomic E-state index is 14.0. The maximum Gasteiger partial charge on any atom is 0.336 e. The van der Waals surface area contributed by atoms with Gasteiger partial charge in [-0.1, -0.05) is 12.1 Å². The van der Waals surface area contributed by atoms with Gasteiger partial charge in [0, 0.05) is 29.0 Å². The fourth-order valence-electron chi connectivity index (χ4n) is 5.52. The van der Waals surface area contributed by atoms with E-state index in [1.165, 1.54) is 21.3 Å². The molecule has 9 nitrogen and oxygen atoms in total. The van der Waals surface area contributed by atoms with Gasteiger partial charge in [-0.25, -0.2) is 4.79 Å². The van der Waals surface area contributed by atoms with Gasteiger partial charge in [-0.05, 0) is 49.9 Å². The number of rotatable bonds is 9. The zero-order valence-electron chi connectivity index (χ0n) is 23.4. The van der Waals surface area contributed by atoms with Gasteiger partial charge in [0.25, 0.3) is 0 Å². The normalized spacial score (nSPS) is 18.7. The van der Waals surface area contributed by atoms with E-state index >= 15 is 0 Å². The van der Waals surface area contributed by atoms with Crippen molar-refractivity contribution in [3.05, 3.63) is 64.0 Å². The van der Waals surface area contributed by atoms with Crippen LogP contribution in [0.1, 0.15) is 49.7 Å². The molecular formula is C30H35NO8. The molecule has 208 valence electrons. The van der Waals surface area contributed by atoms with Crippen molar-refractivity contribution < 1.29 is 38.0 Å². The first-order valence-corrected chi connectivity index (χ1v) is 12.7. The molecule has 2 atom stereocenters. The zero-order valence-corrected chi connectivity index (χ0v) is 23.4. The molecule has 1 aliphatic carbocycles. The molecule has 1 heterocycles. The summed E-state index contributed by atoms with van der Waals surface area (Å²) in [6.45, 7) is 3.77. The topological polar surface area (TPSA) is 102 Å². The molecule has 1 aliphatic heterocycles. The molecule has 39 heavy (non-hydrogen) atoms. The van der Waals surface area contributed by atoms with Crippen LogP contribution in [0.3, 0.4) is 0 Å². The van der Waals surface area contributed by atoms with Crippen LogP contribution in [0.15, 0.2) is 52.9 Å². The number of hydrogen-bond acceptors (Lipinski definition) is 9. The van der Waals surface area contributed by atoms with E-state index in [1.54, 1.807) is 33.3 Å². The number of ketones is 1. The minimum Gasteiger partial charge on any atom is -0.493 e. The first-order chi connectivity index (χ1) is 18.8. The molecule has 0 amide bonds. The van der Waals surface area contributed by atoms with Crippen molar-refractivity contribution in [1.82, 2.24) is 5.32 Å². The summed E-state index contributed by atoms with van der Waals surface area (Å²) < 4.78 is 33.2. The Morgan fingerprint density at radius 2 is 1.54 bits per heavy atom. The Balaban J connectivity index is 1.87. The third kappa shape index (κ3) is 5.01. The van der Waals surface area contributed by atoms with Crippen molar-refractivity contribution in [2.45, 2.75) is 38.5 Å². The molecular weight excluding hydrogens is 502 g/mol. The van der Waals surface area contributed by atoms with E-state index in [0.717, 1.165) is 11.3 Å². The molecule has 0 aromatic heterocycles. The van der Waals surface area contributed by atoms with Gasteiger partial charge >= 0.3 is 5.97 Å². The molecule has 0 saturated carbocycles. The van der Waals surface area contributed by atoms with Crippen LogP contribution < -0.4 is 29.0 Å². The molecule has 0 bridgehead atoms. The summed E-state index contributed by atoms with van der Waals surface area (Å²) in [6.07, 6.45) is 0.827. The number of ether oxygens (including phenoxy) is 6. The zero-order chi connectivity index (χ0) is 28.3. The largest absolute Gasteiger partial charge is 0.493 e. The van der Waals surface area contributed by atoms with Crippen LogP contribution in [0, 0.1) is 0 Å². The fourth-order valence-corrected chi connectivity index (χ4v) is 5.52. The van der Waals surface area contributed by atoms with Crippen LogP contribution in [0.5, 0.6) is 28.7 Å². The number of Topliss-reactive ketones (excluding diaryl/α,β-unsaturated/α-hetero) is 1. The van der Waals surface area contributed by atoms with Crippen LogP contribution in [-0.2, 0) is 14.3 Å². The summed E-state index contributed by atoms with van der Waals surface area (Å²) in [5.41, 5.74) is 3.84. The van der Waals surface area contributed by atoms with Crippen molar-refractivity contribution in [2.75, 3.05) is 42.2 Å². The third-order valence-corrected chi connectivity index (χ3v) is 7.25. The predicted molar refractivity (Wildman–Crippen MR) is 145 cm³/mol. The second kappa shape index (κ2) is 11.7. The van der Waals surface area contributed by atoms with E-state index in [9.17, 15) is 9.59 Å². The number of allylic oxidation sites excluding steroid dienone is 3. The Morgan fingerprint density at radius 3 is 2.15 bits per heavy atom. The van der Waals surface area contributed by atoms with E-state index in [0.29, 0.717) is 57.6 Å². The lowest BCUT2D eigenvalue weighted by molar-refractivity contribution is -0.138. The van der Waals surface area contributed by atoms with Gasteiger partial charge in [0.2, 0.25) is 5.75 Å². The summed E-state index contributed by atoms with van der Waals surface area (Å²) in [6, 6.07) is 9.26. The number of dihydropyridines is 1. The van der Waals surface area contributed by atoms with Crippen molar-refractivity contribution in [1.29, 1.82) is 0 Å². The van der Waals surface area contributed by atoms with Gasteiger partial charge in [-0.15, -0.1) is 0 Å². The van der Waals surface area contributed by atoms with Crippen molar-refractivity contribution in [3.63, 3.8) is 0 Å². The van der Waals surface area contributed by atoms with E-state index in [1.807, 2.05) is 25.1 Å². The SMILES string of the molecule is CCOC(=O)C1=C(C)NC2=C(C(=O)C[C@H](c3ccc(OC)c(OC)c3)C2)[C@@H]1c1ccc(OC)c(OC)c1OC. The summed E-state index contributed by atoms with van der Waals surface area (Å²) in [7, 11) is 7.75. The standard InChI is InChI=1S/C30H35NO8/c1-8-39-30(33)25-16(2)31-20-13-18(17-9-11-22(34-3)24(15-17)36-5)14-21(32)27(20)26(25)19-10-12-23(35-4)29(38-7)28(19)37-6/h9-12,15,18,26,31H,8,13-14H2,1-7H3/t18-,26-/m1/s1. The maximum atomic E-state index is 14.0. The van der Waals surface area contributed by atoms with Crippen molar-refractivity contribution in [3.8, 4) is 28.7 Å². The minimum atomic E-state index is -0.714. The molecule has 9 heteroatoms. The van der Waals surface area contributed by atoms with Gasteiger partial charge in [0.05, 0.1) is 53.6 Å². The number of carbonyl (C=O) groups excluding carboxylic acids is 2. The summed E-state index contributed by atoms with van der Waals surface area (Å²) in [4.78, 5) is 27.2. The van der Waals surface area contributed by atoms with E-state index in [2.05, 4.69) is 5.32 Å². The highest BCUT2D eigenvalue weighted by Crippen LogP contribution is 2.51. The molecule has 2 aromatic rings. The molecule has 4 rings (SSSR count). The Morgan fingerprint density at radius 1 is 0.872 bits per heavy atom. The first-order valence-electron chi connectivity index (χ1n) is 12.7. The van der Waals surface area contributed by atoms with Gasteiger partial charge in [-0.3, -0.25) is 4.79 Å². The van der Waals surface area contributed by atoms with Crippen molar-refractivity contribution in [2.24, 2.45) is 0 Å². The smallest absolute Gasteiger partial charge is 0.336 e. The highest BCUT2D eigenvalue weighted by molar-refractivity contribution is 6.04. The predicted octanol–water partition coefficient (Wildman–Crippen LogP) is 4.65. The highest BCUT2D eigenvalue weighted by atomic mass is 16.5. The number of carbonyl (C=O) groups is 2. The lowest BCUT2D eigenvalue weighted by Gasteiger charge is -2.37. The van der Waals surface area contributed by atoms with Crippen LogP contribution in [0.2, 0.25) is 0 Å². The number of hydrogen-bond donors (Lipinski definition) is 1. The summed E-state index contributed by atoms with van der Waals surface area (Å²) in [5.74, 6) is 1.10. The second-order valence-electron chi connectivity index (χ2n) is 9.28. The van der Waals surface area contributed by atoms with Gasteiger partial charge in [0.1, 0.15) is 0 Å². The van der Waals surface area contributed by atoms with Gasteiger partial charge in [-0.2, -0.15) is 0 Å². The van der Waals surface area contributed by atoms with Crippen LogP contribution in [-0.4, -0.2) is 53.9 Å². The number of benzene rings is 2. The molecule has 0 spiro atoms. The Kier molecular flexibility index (Phi) is 8.38. The quantitative estimate of drug-likeness (QED) is 0.458. The van der Waals surface area contributed by atoms with Gasteiger partial charge in [0.15, 0.2) is 28.8 Å². The van der Waals surface area contributed by atoms with E-state index in [-0.39, 0.29) is 24.7 Å². The minimum absolute atomic E-state index is 0.0697. The molecule has 0 unspecified atom stereocenters. The third-order valence-electron chi connectivity index (χ3n) is 7.25. The van der Waals surface area contributed by atoms with Crippen LogP contribution in [0.4, 0.5) is 0 Å².